The Bertz CT molecular complexity index is 1100. The molecule has 4 heterocycles. The van der Waals surface area contributed by atoms with Crippen LogP contribution in [-0.2, 0) is 11.3 Å². The van der Waals surface area contributed by atoms with Gasteiger partial charge in [0.15, 0.2) is 6.61 Å². The number of carbonyl (C=O) groups is 1. The molecule has 1 saturated heterocycles. The van der Waals surface area contributed by atoms with Gasteiger partial charge in [0, 0.05) is 24.2 Å². The molecule has 3 aromatic rings. The molecule has 0 aromatic carbocycles. The van der Waals surface area contributed by atoms with Crippen molar-refractivity contribution < 1.29 is 27.8 Å². The Kier molecular flexibility index (Phi) is 5.06. The van der Waals surface area contributed by atoms with Crippen molar-refractivity contribution in [2.24, 2.45) is 0 Å². The van der Waals surface area contributed by atoms with Crippen molar-refractivity contribution in [2.45, 2.75) is 32.2 Å². The van der Waals surface area contributed by atoms with Gasteiger partial charge in [-0.15, -0.1) is 0 Å². The van der Waals surface area contributed by atoms with E-state index in [0.29, 0.717) is 28.8 Å². The molecule has 30 heavy (non-hydrogen) atoms. The number of hydrogen-bond acceptors (Lipinski definition) is 6. The normalized spacial score (nSPS) is 17.2. The molecule has 0 unspecified atom stereocenters. The summed E-state index contributed by atoms with van der Waals surface area (Å²) in [6, 6.07) is 3.40. The Morgan fingerprint density at radius 2 is 2.13 bits per heavy atom. The highest BCUT2D eigenvalue weighted by Gasteiger charge is 2.31. The maximum Gasteiger partial charge on any atom is 0.422 e. The number of halogens is 3. The van der Waals surface area contributed by atoms with Crippen LogP contribution in [0.1, 0.15) is 17.5 Å². The summed E-state index contributed by atoms with van der Waals surface area (Å²) in [5.74, 6) is 0.161. The summed E-state index contributed by atoms with van der Waals surface area (Å²) in [7, 11) is 0. The Morgan fingerprint density at radius 1 is 1.33 bits per heavy atom. The highest BCUT2D eigenvalue weighted by Crippen LogP contribution is 2.28. The van der Waals surface area contributed by atoms with Crippen LogP contribution in [0.5, 0.6) is 5.88 Å². The number of amides is 1. The lowest BCUT2D eigenvalue weighted by Gasteiger charge is -2.14. The average Bonchev–Trinajstić information content (AvgIpc) is 3.21. The summed E-state index contributed by atoms with van der Waals surface area (Å²) in [5, 5.41) is 14.9. The fourth-order valence-corrected chi connectivity index (χ4v) is 3.36. The van der Waals surface area contributed by atoms with E-state index in [2.05, 4.69) is 15.1 Å². The SMILES string of the molecule is Cc1cc(Cn2cc3c(N4C[C@H](O)CC4=O)nccc3n2)cnc1OCC(F)(F)F. The molecule has 0 aliphatic carbocycles. The number of hydrogen-bond donors (Lipinski definition) is 1. The fraction of sp³-hybridized carbons (Fsp3) is 0.368. The van der Waals surface area contributed by atoms with Crippen molar-refractivity contribution in [3.05, 3.63) is 41.9 Å². The second-order valence-corrected chi connectivity index (χ2v) is 7.13. The monoisotopic (exact) mass is 421 g/mol. The molecular formula is C19H18F3N5O3. The van der Waals surface area contributed by atoms with Crippen LogP contribution in [0.3, 0.4) is 0 Å². The number of ether oxygens (including phenoxy) is 1. The molecule has 1 fully saturated rings. The smallest absolute Gasteiger partial charge is 0.422 e. The number of aryl methyl sites for hydroxylation is 1. The lowest BCUT2D eigenvalue weighted by Crippen LogP contribution is -2.26. The summed E-state index contributed by atoms with van der Waals surface area (Å²) in [6.07, 6.45) is -0.383. The van der Waals surface area contributed by atoms with Crippen molar-refractivity contribution in [3.8, 4) is 5.88 Å². The molecule has 158 valence electrons. The first-order valence-electron chi connectivity index (χ1n) is 9.15. The van der Waals surface area contributed by atoms with Gasteiger partial charge in [-0.05, 0) is 24.6 Å². The second kappa shape index (κ2) is 7.56. The molecule has 8 nitrogen and oxygen atoms in total. The van der Waals surface area contributed by atoms with Crippen molar-refractivity contribution >= 4 is 22.6 Å². The second-order valence-electron chi connectivity index (χ2n) is 7.13. The largest absolute Gasteiger partial charge is 0.468 e. The van der Waals surface area contributed by atoms with Gasteiger partial charge >= 0.3 is 6.18 Å². The number of nitrogens with zero attached hydrogens (tertiary/aromatic N) is 5. The molecule has 1 amide bonds. The standard InChI is InChI=1S/C19H18F3N5O3/c1-11-4-12(6-24-18(11)30-10-19(20,21)22)7-26-9-14-15(25-26)2-3-23-17(14)27-8-13(28)5-16(27)29/h2-4,6,9,13,28H,5,7-8,10H2,1H3/t13-/m1/s1. The van der Waals surface area contributed by atoms with E-state index < -0.39 is 18.9 Å². The van der Waals surface area contributed by atoms with Crippen molar-refractivity contribution in [3.63, 3.8) is 0 Å². The Labute approximate surface area is 168 Å². The van der Waals surface area contributed by atoms with Crippen LogP contribution in [-0.4, -0.2) is 56.2 Å². The number of pyridine rings is 2. The van der Waals surface area contributed by atoms with Crippen LogP contribution in [0, 0.1) is 6.92 Å². The van der Waals surface area contributed by atoms with Gasteiger partial charge < -0.3 is 9.84 Å². The summed E-state index contributed by atoms with van der Waals surface area (Å²) in [5.41, 5.74) is 1.83. The summed E-state index contributed by atoms with van der Waals surface area (Å²) >= 11 is 0. The maximum atomic E-state index is 12.3. The number of β-amino-alcohol motifs (C(OH)–C–C–N with tert-alkyl or cyclic N) is 1. The molecule has 4 rings (SSSR count). The Balaban J connectivity index is 1.55. The molecule has 11 heteroatoms. The molecule has 3 aromatic heterocycles. The fourth-order valence-electron chi connectivity index (χ4n) is 3.36. The van der Waals surface area contributed by atoms with E-state index in [1.807, 2.05) is 0 Å². The van der Waals surface area contributed by atoms with E-state index in [1.165, 1.54) is 11.1 Å². The molecule has 1 aliphatic heterocycles. The third kappa shape index (κ3) is 4.20. The minimum absolute atomic E-state index is 0.0555. The number of rotatable bonds is 5. The number of alkyl halides is 3. The van der Waals surface area contributed by atoms with Gasteiger partial charge in [-0.2, -0.15) is 18.3 Å². The number of anilines is 1. The first-order valence-corrected chi connectivity index (χ1v) is 9.15. The molecule has 1 aliphatic rings. The number of carbonyl (C=O) groups excluding carboxylic acids is 1. The van der Waals surface area contributed by atoms with Crippen LogP contribution in [0.25, 0.3) is 10.9 Å². The van der Waals surface area contributed by atoms with Gasteiger partial charge in [0.05, 0.1) is 36.5 Å². The van der Waals surface area contributed by atoms with Crippen molar-refractivity contribution in [1.29, 1.82) is 0 Å². The third-order valence-corrected chi connectivity index (χ3v) is 4.62. The molecule has 0 radical (unpaired) electrons. The summed E-state index contributed by atoms with van der Waals surface area (Å²) in [6.45, 7) is 0.718. The van der Waals surface area contributed by atoms with Crippen molar-refractivity contribution in [1.82, 2.24) is 19.7 Å². The predicted octanol–water partition coefficient (Wildman–Crippen LogP) is 2.22. The van der Waals surface area contributed by atoms with E-state index in [-0.39, 0.29) is 24.8 Å². The number of fused-ring (bicyclic) bond motifs is 1. The first kappa shape index (κ1) is 20.1. The highest BCUT2D eigenvalue weighted by molar-refractivity contribution is 6.02. The van der Waals surface area contributed by atoms with Gasteiger partial charge in [-0.1, -0.05) is 0 Å². The number of aromatic nitrogens is 4. The van der Waals surface area contributed by atoms with Crippen molar-refractivity contribution in [2.75, 3.05) is 18.1 Å². The third-order valence-electron chi connectivity index (χ3n) is 4.62. The van der Waals surface area contributed by atoms with E-state index in [9.17, 15) is 23.1 Å². The maximum absolute atomic E-state index is 12.3. The number of aliphatic hydroxyl groups is 1. The molecule has 1 atom stereocenters. The first-order chi connectivity index (χ1) is 14.2. The topological polar surface area (TPSA) is 93.4 Å². The lowest BCUT2D eigenvalue weighted by atomic mass is 10.2. The average molecular weight is 421 g/mol. The summed E-state index contributed by atoms with van der Waals surface area (Å²) in [4.78, 5) is 21.8. The molecule has 1 N–H and O–H groups in total. The molecule has 0 saturated carbocycles. The molecular weight excluding hydrogens is 403 g/mol. The van der Waals surface area contributed by atoms with E-state index in [0.717, 1.165) is 5.56 Å². The van der Waals surface area contributed by atoms with Crippen LogP contribution < -0.4 is 9.64 Å². The molecule has 0 spiro atoms. The van der Waals surface area contributed by atoms with E-state index in [1.54, 1.807) is 36.1 Å². The van der Waals surface area contributed by atoms with Gasteiger partial charge in [0.2, 0.25) is 11.8 Å². The van der Waals surface area contributed by atoms with E-state index in [4.69, 9.17) is 4.74 Å². The lowest BCUT2D eigenvalue weighted by molar-refractivity contribution is -0.154. The van der Waals surface area contributed by atoms with Gasteiger partial charge in [-0.3, -0.25) is 14.4 Å². The van der Waals surface area contributed by atoms with Crippen LogP contribution >= 0.6 is 0 Å². The highest BCUT2D eigenvalue weighted by atomic mass is 19.4. The van der Waals surface area contributed by atoms with Crippen LogP contribution in [0.2, 0.25) is 0 Å². The van der Waals surface area contributed by atoms with E-state index >= 15 is 0 Å². The number of aliphatic hydroxyl groups excluding tert-OH is 1. The minimum atomic E-state index is -4.43. The van der Waals surface area contributed by atoms with Gasteiger partial charge in [0.1, 0.15) is 5.82 Å². The zero-order valence-electron chi connectivity index (χ0n) is 15.9. The zero-order chi connectivity index (χ0) is 21.5. The van der Waals surface area contributed by atoms with Crippen LogP contribution in [0.4, 0.5) is 19.0 Å². The quantitative estimate of drug-likeness (QED) is 0.679. The Morgan fingerprint density at radius 3 is 2.80 bits per heavy atom. The Hall–Kier alpha value is -3.21. The van der Waals surface area contributed by atoms with Crippen LogP contribution in [0.15, 0.2) is 30.7 Å². The minimum Gasteiger partial charge on any atom is -0.468 e. The zero-order valence-corrected chi connectivity index (χ0v) is 15.9. The van der Waals surface area contributed by atoms with Gasteiger partial charge in [0.25, 0.3) is 0 Å². The predicted molar refractivity (Wildman–Crippen MR) is 100 cm³/mol. The van der Waals surface area contributed by atoms with Gasteiger partial charge in [-0.25, -0.2) is 9.97 Å². The summed E-state index contributed by atoms with van der Waals surface area (Å²) < 4.78 is 43.3. The molecule has 0 bridgehead atoms.